The molecule has 1 unspecified atom stereocenters. The topological polar surface area (TPSA) is 41.6 Å². The van der Waals surface area contributed by atoms with Gasteiger partial charge in [-0.15, -0.1) is 0 Å². The molecule has 0 amide bonds. The fourth-order valence-corrected chi connectivity index (χ4v) is 1.74. The molecule has 0 saturated carbocycles. The van der Waals surface area contributed by atoms with E-state index in [2.05, 4.69) is 9.89 Å². The lowest BCUT2D eigenvalue weighted by Gasteiger charge is -2.36. The van der Waals surface area contributed by atoms with Gasteiger partial charge in [0.2, 0.25) is 0 Å². The van der Waals surface area contributed by atoms with Crippen LogP contribution in [0.3, 0.4) is 0 Å². The molecule has 1 atom stereocenters. The number of nitrogens with zero attached hydrogens (tertiary/aromatic N) is 2. The van der Waals surface area contributed by atoms with Gasteiger partial charge in [0.25, 0.3) is 0 Å². The standard InChI is InChI=1S/C7H13N3/c8-7-9-4-6-2-1-3-10(7)5-6/h6H,1-5H2,(H2,8,9). The third kappa shape index (κ3) is 0.856. The van der Waals surface area contributed by atoms with Crippen LogP contribution in [0.4, 0.5) is 0 Å². The first-order valence-electron chi connectivity index (χ1n) is 3.91. The third-order valence-electron chi connectivity index (χ3n) is 2.35. The summed E-state index contributed by atoms with van der Waals surface area (Å²) < 4.78 is 0. The molecular weight excluding hydrogens is 126 g/mol. The SMILES string of the molecule is NC1=NCC2CCCN1C2. The Morgan fingerprint density at radius 2 is 2.50 bits per heavy atom. The first-order valence-corrected chi connectivity index (χ1v) is 3.91. The Bertz CT molecular complexity index is 164. The number of nitrogens with two attached hydrogens (primary N) is 1. The summed E-state index contributed by atoms with van der Waals surface area (Å²) in [4.78, 5) is 6.43. The molecule has 3 heteroatoms. The van der Waals surface area contributed by atoms with Crippen LogP contribution in [0.2, 0.25) is 0 Å². The number of fused-ring (bicyclic) bond motifs is 2. The summed E-state index contributed by atoms with van der Waals surface area (Å²) in [6.45, 7) is 3.23. The lowest BCUT2D eigenvalue weighted by molar-refractivity contribution is 0.243. The van der Waals surface area contributed by atoms with Crippen LogP contribution in [-0.2, 0) is 0 Å². The zero-order chi connectivity index (χ0) is 6.97. The molecule has 10 heavy (non-hydrogen) atoms. The van der Waals surface area contributed by atoms with Crippen molar-refractivity contribution in [1.29, 1.82) is 0 Å². The van der Waals surface area contributed by atoms with Crippen LogP contribution in [0.25, 0.3) is 0 Å². The second-order valence-corrected chi connectivity index (χ2v) is 3.15. The van der Waals surface area contributed by atoms with Crippen LogP contribution < -0.4 is 5.73 Å². The second kappa shape index (κ2) is 2.15. The van der Waals surface area contributed by atoms with Crippen LogP contribution in [-0.4, -0.2) is 30.5 Å². The van der Waals surface area contributed by atoms with E-state index in [0.29, 0.717) is 0 Å². The molecule has 0 aromatic rings. The summed E-state index contributed by atoms with van der Waals surface area (Å²) in [5.74, 6) is 1.55. The molecule has 0 aliphatic carbocycles. The van der Waals surface area contributed by atoms with Crippen molar-refractivity contribution in [2.75, 3.05) is 19.6 Å². The number of aliphatic imine (C=N–C) groups is 1. The van der Waals surface area contributed by atoms with Crippen molar-refractivity contribution in [2.24, 2.45) is 16.6 Å². The summed E-state index contributed by atoms with van der Waals surface area (Å²) in [6, 6.07) is 0. The molecule has 1 saturated heterocycles. The number of rotatable bonds is 0. The first kappa shape index (κ1) is 6.01. The minimum Gasteiger partial charge on any atom is -0.370 e. The highest BCUT2D eigenvalue weighted by atomic mass is 15.3. The molecule has 2 heterocycles. The largest absolute Gasteiger partial charge is 0.370 e. The Hall–Kier alpha value is -0.730. The molecule has 2 N–H and O–H groups in total. The van der Waals surface area contributed by atoms with Crippen molar-refractivity contribution in [3.05, 3.63) is 0 Å². The van der Waals surface area contributed by atoms with E-state index in [1.165, 1.54) is 12.8 Å². The molecule has 2 rings (SSSR count). The van der Waals surface area contributed by atoms with Gasteiger partial charge in [-0.25, -0.2) is 0 Å². The summed E-state index contributed by atoms with van der Waals surface area (Å²) in [5.41, 5.74) is 5.66. The van der Waals surface area contributed by atoms with Gasteiger partial charge in [0, 0.05) is 19.6 Å². The van der Waals surface area contributed by atoms with Crippen molar-refractivity contribution >= 4 is 5.96 Å². The van der Waals surface area contributed by atoms with Gasteiger partial charge < -0.3 is 10.6 Å². The first-order chi connectivity index (χ1) is 4.86. The molecule has 2 aliphatic heterocycles. The number of piperidine rings is 1. The monoisotopic (exact) mass is 139 g/mol. The Labute approximate surface area is 60.9 Å². The van der Waals surface area contributed by atoms with Gasteiger partial charge in [-0.2, -0.15) is 0 Å². The predicted molar refractivity (Wildman–Crippen MR) is 40.8 cm³/mol. The maximum Gasteiger partial charge on any atom is 0.191 e. The minimum atomic E-state index is 0.760. The van der Waals surface area contributed by atoms with Gasteiger partial charge in [-0.3, -0.25) is 4.99 Å². The summed E-state index contributed by atoms with van der Waals surface area (Å²) in [7, 11) is 0. The number of hydrogen-bond donors (Lipinski definition) is 1. The Morgan fingerprint density at radius 1 is 1.60 bits per heavy atom. The lowest BCUT2D eigenvalue weighted by Crippen LogP contribution is -2.48. The molecule has 0 aromatic carbocycles. The molecule has 3 nitrogen and oxygen atoms in total. The Balaban J connectivity index is 2.15. The van der Waals surface area contributed by atoms with E-state index in [4.69, 9.17) is 5.73 Å². The zero-order valence-corrected chi connectivity index (χ0v) is 6.08. The molecule has 2 bridgehead atoms. The molecule has 0 aromatic heterocycles. The van der Waals surface area contributed by atoms with E-state index in [9.17, 15) is 0 Å². The van der Waals surface area contributed by atoms with Gasteiger partial charge in [0.1, 0.15) is 0 Å². The third-order valence-corrected chi connectivity index (χ3v) is 2.35. The van der Waals surface area contributed by atoms with E-state index >= 15 is 0 Å². The maximum atomic E-state index is 5.66. The lowest BCUT2D eigenvalue weighted by atomic mass is 9.97. The van der Waals surface area contributed by atoms with E-state index in [-0.39, 0.29) is 0 Å². The fraction of sp³-hybridized carbons (Fsp3) is 0.857. The normalized spacial score (nSPS) is 31.8. The fourth-order valence-electron chi connectivity index (χ4n) is 1.74. The Kier molecular flexibility index (Phi) is 1.29. The molecule has 0 spiro atoms. The van der Waals surface area contributed by atoms with Crippen LogP contribution in [0.5, 0.6) is 0 Å². The van der Waals surface area contributed by atoms with Crippen molar-refractivity contribution in [3.63, 3.8) is 0 Å². The van der Waals surface area contributed by atoms with Crippen molar-refractivity contribution in [3.8, 4) is 0 Å². The Morgan fingerprint density at radius 3 is 3.30 bits per heavy atom. The molecule has 2 aliphatic rings. The minimum absolute atomic E-state index is 0.760. The second-order valence-electron chi connectivity index (χ2n) is 3.15. The highest BCUT2D eigenvalue weighted by Gasteiger charge is 2.24. The zero-order valence-electron chi connectivity index (χ0n) is 6.08. The van der Waals surface area contributed by atoms with Crippen LogP contribution in [0.15, 0.2) is 4.99 Å². The number of hydrogen-bond acceptors (Lipinski definition) is 3. The smallest absolute Gasteiger partial charge is 0.191 e. The van der Waals surface area contributed by atoms with Gasteiger partial charge in [0.05, 0.1) is 0 Å². The highest BCUT2D eigenvalue weighted by Crippen LogP contribution is 2.19. The van der Waals surface area contributed by atoms with Gasteiger partial charge >= 0.3 is 0 Å². The van der Waals surface area contributed by atoms with Crippen LogP contribution >= 0.6 is 0 Å². The quantitative estimate of drug-likeness (QED) is 0.514. The van der Waals surface area contributed by atoms with Gasteiger partial charge in [-0.05, 0) is 18.8 Å². The summed E-state index contributed by atoms with van der Waals surface area (Å²) in [5, 5.41) is 0. The summed E-state index contributed by atoms with van der Waals surface area (Å²) in [6.07, 6.45) is 2.63. The van der Waals surface area contributed by atoms with Crippen molar-refractivity contribution in [2.45, 2.75) is 12.8 Å². The molecule has 1 fully saturated rings. The van der Waals surface area contributed by atoms with E-state index in [1.807, 2.05) is 0 Å². The van der Waals surface area contributed by atoms with Crippen molar-refractivity contribution in [1.82, 2.24) is 4.90 Å². The van der Waals surface area contributed by atoms with E-state index in [0.717, 1.165) is 31.5 Å². The number of guanidine groups is 1. The van der Waals surface area contributed by atoms with Crippen LogP contribution in [0.1, 0.15) is 12.8 Å². The average molecular weight is 139 g/mol. The van der Waals surface area contributed by atoms with Crippen LogP contribution in [0, 0.1) is 5.92 Å². The van der Waals surface area contributed by atoms with Gasteiger partial charge in [0.15, 0.2) is 5.96 Å². The van der Waals surface area contributed by atoms with E-state index in [1.54, 1.807) is 0 Å². The molecular formula is C7H13N3. The molecule has 0 radical (unpaired) electrons. The average Bonchev–Trinajstić information content (AvgIpc) is 1.99. The van der Waals surface area contributed by atoms with Crippen molar-refractivity contribution < 1.29 is 0 Å². The molecule has 56 valence electrons. The maximum absolute atomic E-state index is 5.66. The summed E-state index contributed by atoms with van der Waals surface area (Å²) >= 11 is 0. The van der Waals surface area contributed by atoms with Gasteiger partial charge in [-0.1, -0.05) is 0 Å². The van der Waals surface area contributed by atoms with E-state index < -0.39 is 0 Å². The predicted octanol–water partition coefficient (Wildman–Crippen LogP) is 0.0267. The highest BCUT2D eigenvalue weighted by molar-refractivity contribution is 5.78.